The van der Waals surface area contributed by atoms with E-state index in [0.29, 0.717) is 10.7 Å². The van der Waals surface area contributed by atoms with E-state index in [1.54, 1.807) is 30.3 Å². The van der Waals surface area contributed by atoms with Gasteiger partial charge in [0.25, 0.3) is 11.8 Å². The number of hydrogen-bond donors (Lipinski definition) is 3. The molecule has 1 aliphatic rings. The van der Waals surface area contributed by atoms with Crippen LogP contribution in [0.5, 0.6) is 5.75 Å². The largest absolute Gasteiger partial charge is 0.484 e. The maximum Gasteiger partial charge on any atom is 0.264 e. The molecular formula is C19H17N3O3S. The summed E-state index contributed by atoms with van der Waals surface area (Å²) in [6, 6.07) is 14.6. The first-order valence-corrected chi connectivity index (χ1v) is 8.70. The summed E-state index contributed by atoms with van der Waals surface area (Å²) in [5.74, 6) is 0.0512. The lowest BCUT2D eigenvalue weighted by molar-refractivity contribution is -0.118. The van der Waals surface area contributed by atoms with Crippen molar-refractivity contribution in [1.82, 2.24) is 5.32 Å². The molecule has 3 rings (SSSR count). The van der Waals surface area contributed by atoms with Gasteiger partial charge in [0.05, 0.1) is 4.91 Å². The van der Waals surface area contributed by atoms with Gasteiger partial charge >= 0.3 is 0 Å². The van der Waals surface area contributed by atoms with E-state index >= 15 is 0 Å². The van der Waals surface area contributed by atoms with Crippen LogP contribution in [0.3, 0.4) is 0 Å². The van der Waals surface area contributed by atoms with E-state index in [1.165, 1.54) is 0 Å². The Kier molecular flexibility index (Phi) is 5.38. The van der Waals surface area contributed by atoms with E-state index in [9.17, 15) is 9.59 Å². The molecule has 0 unspecified atom stereocenters. The number of aryl methyl sites for hydroxylation is 1. The molecule has 3 N–H and O–H groups in total. The summed E-state index contributed by atoms with van der Waals surface area (Å²) >= 11 is 1.09. The summed E-state index contributed by atoms with van der Waals surface area (Å²) in [5, 5.41) is 12.8. The SMILES string of the molecule is Cc1cccc(NC(=O)COc2ccc(/C=C3\SC(=N)NC3=O)cc2)c1. The molecule has 1 fully saturated rings. The minimum absolute atomic E-state index is 0.0935. The Hall–Kier alpha value is -3.06. The van der Waals surface area contributed by atoms with Crippen LogP contribution in [-0.4, -0.2) is 23.6 Å². The highest BCUT2D eigenvalue weighted by Crippen LogP contribution is 2.25. The van der Waals surface area contributed by atoms with Crippen LogP contribution >= 0.6 is 11.8 Å². The molecule has 0 atom stereocenters. The molecule has 1 saturated heterocycles. The van der Waals surface area contributed by atoms with Crippen molar-refractivity contribution in [3.63, 3.8) is 0 Å². The van der Waals surface area contributed by atoms with E-state index < -0.39 is 0 Å². The molecule has 6 nitrogen and oxygen atoms in total. The Balaban J connectivity index is 1.54. The summed E-state index contributed by atoms with van der Waals surface area (Å²) in [7, 11) is 0. The second-order valence-electron chi connectivity index (χ2n) is 5.67. The zero-order chi connectivity index (χ0) is 18.5. The highest BCUT2D eigenvalue weighted by atomic mass is 32.2. The van der Waals surface area contributed by atoms with Gasteiger partial charge in [-0.25, -0.2) is 0 Å². The molecule has 0 aromatic heterocycles. The number of carbonyl (C=O) groups excluding carboxylic acids is 2. The Morgan fingerprint density at radius 1 is 1.27 bits per heavy atom. The van der Waals surface area contributed by atoms with Gasteiger partial charge in [0, 0.05) is 5.69 Å². The van der Waals surface area contributed by atoms with Crippen LogP contribution in [0.1, 0.15) is 11.1 Å². The summed E-state index contributed by atoms with van der Waals surface area (Å²) in [6.45, 7) is 1.86. The second-order valence-corrected chi connectivity index (χ2v) is 6.72. The van der Waals surface area contributed by atoms with Gasteiger partial charge in [0.2, 0.25) is 0 Å². The van der Waals surface area contributed by atoms with Crippen molar-refractivity contribution in [2.45, 2.75) is 6.92 Å². The number of carbonyl (C=O) groups is 2. The average molecular weight is 367 g/mol. The van der Waals surface area contributed by atoms with Crippen LogP contribution in [-0.2, 0) is 9.59 Å². The first-order chi connectivity index (χ1) is 12.5. The van der Waals surface area contributed by atoms with E-state index in [0.717, 1.165) is 28.6 Å². The molecule has 0 radical (unpaired) electrons. The summed E-state index contributed by atoms with van der Waals surface area (Å²) in [5.41, 5.74) is 2.62. The minimum Gasteiger partial charge on any atom is -0.484 e. The molecular weight excluding hydrogens is 350 g/mol. The van der Waals surface area contributed by atoms with Gasteiger partial charge in [0.1, 0.15) is 5.75 Å². The molecule has 2 amide bonds. The van der Waals surface area contributed by atoms with Gasteiger partial charge in [-0.3, -0.25) is 15.0 Å². The van der Waals surface area contributed by atoms with Gasteiger partial charge in [-0.05, 0) is 60.2 Å². The zero-order valence-corrected chi connectivity index (χ0v) is 14.9. The van der Waals surface area contributed by atoms with Crippen LogP contribution in [0.15, 0.2) is 53.4 Å². The molecule has 1 heterocycles. The minimum atomic E-state index is -0.270. The van der Waals surface area contributed by atoms with Crippen LogP contribution in [0.4, 0.5) is 5.69 Å². The lowest BCUT2D eigenvalue weighted by atomic mass is 10.2. The van der Waals surface area contributed by atoms with Gasteiger partial charge < -0.3 is 15.4 Å². The number of ether oxygens (including phenoxy) is 1. The number of rotatable bonds is 5. The maximum absolute atomic E-state index is 11.9. The van der Waals surface area contributed by atoms with Crippen molar-refractivity contribution in [1.29, 1.82) is 5.41 Å². The molecule has 0 aliphatic carbocycles. The third-order valence-electron chi connectivity index (χ3n) is 3.51. The summed E-state index contributed by atoms with van der Waals surface area (Å²) < 4.78 is 5.48. The Morgan fingerprint density at radius 3 is 2.69 bits per heavy atom. The average Bonchev–Trinajstić information content (AvgIpc) is 2.91. The molecule has 26 heavy (non-hydrogen) atoms. The number of amidine groups is 1. The smallest absolute Gasteiger partial charge is 0.264 e. The molecule has 7 heteroatoms. The fraction of sp³-hybridized carbons (Fsp3) is 0.105. The molecule has 132 valence electrons. The lowest BCUT2D eigenvalue weighted by Crippen LogP contribution is -2.20. The lowest BCUT2D eigenvalue weighted by Gasteiger charge is -2.08. The predicted molar refractivity (Wildman–Crippen MR) is 103 cm³/mol. The summed E-state index contributed by atoms with van der Waals surface area (Å²) in [6.07, 6.45) is 1.70. The molecule has 0 saturated carbocycles. The monoisotopic (exact) mass is 367 g/mol. The molecule has 2 aromatic rings. The third kappa shape index (κ3) is 4.73. The van der Waals surface area contributed by atoms with Gasteiger partial charge in [-0.1, -0.05) is 24.3 Å². The van der Waals surface area contributed by atoms with Gasteiger partial charge in [0.15, 0.2) is 11.8 Å². The Morgan fingerprint density at radius 2 is 2.04 bits per heavy atom. The van der Waals surface area contributed by atoms with Crippen molar-refractivity contribution < 1.29 is 14.3 Å². The zero-order valence-electron chi connectivity index (χ0n) is 14.0. The first kappa shape index (κ1) is 17.8. The topological polar surface area (TPSA) is 91.3 Å². The van der Waals surface area contributed by atoms with E-state index in [4.69, 9.17) is 10.1 Å². The molecule has 0 spiro atoms. The quantitative estimate of drug-likeness (QED) is 0.708. The Bertz CT molecular complexity index is 891. The fourth-order valence-electron chi connectivity index (χ4n) is 2.32. The predicted octanol–water partition coefficient (Wildman–Crippen LogP) is 3.15. The molecule has 2 aromatic carbocycles. The number of benzene rings is 2. The Labute approximate surface area is 155 Å². The number of anilines is 1. The second kappa shape index (κ2) is 7.88. The van der Waals surface area contributed by atoms with E-state index in [1.807, 2.05) is 31.2 Å². The van der Waals surface area contributed by atoms with E-state index in [-0.39, 0.29) is 23.6 Å². The molecule has 0 bridgehead atoms. The normalized spacial score (nSPS) is 15.0. The molecule has 1 aliphatic heterocycles. The number of nitrogens with one attached hydrogen (secondary N) is 3. The van der Waals surface area contributed by atoms with Crippen molar-refractivity contribution in [2.75, 3.05) is 11.9 Å². The fourth-order valence-corrected chi connectivity index (χ4v) is 3.02. The first-order valence-electron chi connectivity index (χ1n) is 7.88. The van der Waals surface area contributed by atoms with Crippen LogP contribution in [0.25, 0.3) is 6.08 Å². The highest BCUT2D eigenvalue weighted by Gasteiger charge is 2.21. The van der Waals surface area contributed by atoms with Crippen LogP contribution in [0, 0.1) is 12.3 Å². The maximum atomic E-state index is 11.9. The van der Waals surface area contributed by atoms with Crippen LogP contribution < -0.4 is 15.4 Å². The van der Waals surface area contributed by atoms with Crippen molar-refractivity contribution >= 4 is 40.5 Å². The van der Waals surface area contributed by atoms with Gasteiger partial charge in [-0.15, -0.1) is 0 Å². The number of thioether (sulfide) groups is 1. The van der Waals surface area contributed by atoms with Crippen molar-refractivity contribution in [3.05, 3.63) is 64.6 Å². The van der Waals surface area contributed by atoms with Crippen molar-refractivity contribution in [3.8, 4) is 5.75 Å². The number of amides is 2. The van der Waals surface area contributed by atoms with E-state index in [2.05, 4.69) is 10.6 Å². The van der Waals surface area contributed by atoms with Crippen molar-refractivity contribution in [2.24, 2.45) is 0 Å². The third-order valence-corrected chi connectivity index (χ3v) is 4.34. The summed E-state index contributed by atoms with van der Waals surface area (Å²) in [4.78, 5) is 24.0. The van der Waals surface area contributed by atoms with Crippen LogP contribution in [0.2, 0.25) is 0 Å². The highest BCUT2D eigenvalue weighted by molar-refractivity contribution is 8.18. The number of hydrogen-bond acceptors (Lipinski definition) is 5. The standard InChI is InChI=1S/C19H17N3O3S/c1-12-3-2-4-14(9-12)21-17(23)11-25-15-7-5-13(6-8-15)10-16-18(24)22-19(20)26-16/h2-10H,11H2,1H3,(H,21,23)(H2,20,22,24)/b16-10-. The van der Waals surface area contributed by atoms with Gasteiger partial charge in [-0.2, -0.15) is 0 Å².